The van der Waals surface area contributed by atoms with Gasteiger partial charge in [0, 0.05) is 13.2 Å². The third-order valence-corrected chi connectivity index (χ3v) is 1.96. The largest absolute Gasteiger partial charge is 0.345 e. The molecule has 0 saturated heterocycles. The molecule has 0 aromatic heterocycles. The molecule has 0 amide bonds. The van der Waals surface area contributed by atoms with Crippen LogP contribution in [0.15, 0.2) is 24.3 Å². The maximum absolute atomic E-state index is 5.90. The van der Waals surface area contributed by atoms with Crippen molar-refractivity contribution >= 4 is 0 Å². The molecule has 0 saturated carbocycles. The molecule has 0 aliphatic heterocycles. The fourth-order valence-electron chi connectivity index (χ4n) is 1.40. The van der Waals surface area contributed by atoms with E-state index in [0.29, 0.717) is 13.2 Å². The van der Waals surface area contributed by atoms with E-state index in [1.54, 1.807) is 0 Å². The zero-order valence-electron chi connectivity index (χ0n) is 8.19. The van der Waals surface area contributed by atoms with Gasteiger partial charge in [-0.1, -0.05) is 18.2 Å². The second kappa shape index (κ2) is 4.56. The summed E-state index contributed by atoms with van der Waals surface area (Å²) in [6.07, 6.45) is 7.55. The summed E-state index contributed by atoms with van der Waals surface area (Å²) >= 11 is 0. The third-order valence-electron chi connectivity index (χ3n) is 1.96. The first-order valence-corrected chi connectivity index (χ1v) is 4.64. The van der Waals surface area contributed by atoms with Crippen molar-refractivity contribution in [2.45, 2.75) is 25.7 Å². The Balaban J connectivity index is 2.75. The van der Waals surface area contributed by atoms with Crippen LogP contribution in [0.25, 0.3) is 0 Å². The molecule has 1 atom stereocenters. The molecule has 1 unspecified atom stereocenters. The van der Waals surface area contributed by atoms with Crippen molar-refractivity contribution in [2.75, 3.05) is 13.2 Å². The Morgan fingerprint density at radius 1 is 1.23 bits per heavy atom. The van der Waals surface area contributed by atoms with Crippen LogP contribution >= 0.6 is 0 Å². The molecule has 1 rings (SSSR count). The van der Waals surface area contributed by atoms with Crippen LogP contribution in [0, 0.1) is 0 Å². The average molecular weight is 183 g/mol. The van der Waals surface area contributed by atoms with E-state index < -0.39 is 5.79 Å². The first kappa shape index (κ1) is 10.4. The van der Waals surface area contributed by atoms with E-state index in [2.05, 4.69) is 0 Å². The summed E-state index contributed by atoms with van der Waals surface area (Å²) in [5.74, 6) is -0.752. The summed E-state index contributed by atoms with van der Waals surface area (Å²) in [4.78, 5) is 0. The van der Waals surface area contributed by atoms with E-state index in [1.165, 1.54) is 0 Å². The van der Waals surface area contributed by atoms with Crippen LogP contribution in [0.2, 0.25) is 0 Å². The summed E-state index contributed by atoms with van der Waals surface area (Å²) in [6.45, 7) is 5.04. The van der Waals surface area contributed by atoms with Crippen molar-refractivity contribution < 1.29 is 9.47 Å². The van der Waals surface area contributed by atoms with Gasteiger partial charge in [0.25, 0.3) is 0 Å². The fourth-order valence-corrected chi connectivity index (χ4v) is 1.40. The number of rotatable bonds is 4. The van der Waals surface area contributed by atoms with E-state index in [0.717, 1.165) is 0 Å². The van der Waals surface area contributed by atoms with Crippen LogP contribution in [0.3, 0.4) is 0 Å². The second-order valence-electron chi connectivity index (χ2n) is 2.86. The van der Waals surface area contributed by atoms with Crippen molar-refractivity contribution in [1.82, 2.24) is 0 Å². The van der Waals surface area contributed by atoms with Crippen molar-refractivity contribution in [2.24, 2.45) is 5.73 Å². The molecule has 1 aliphatic rings. The summed E-state index contributed by atoms with van der Waals surface area (Å²) in [6, 6.07) is -0.225. The Morgan fingerprint density at radius 2 is 1.85 bits per heavy atom. The molecule has 0 heterocycles. The minimum Gasteiger partial charge on any atom is -0.345 e. The van der Waals surface area contributed by atoms with Crippen molar-refractivity contribution in [3.05, 3.63) is 24.3 Å². The molecule has 0 aromatic rings. The van der Waals surface area contributed by atoms with Gasteiger partial charge in [-0.2, -0.15) is 0 Å². The van der Waals surface area contributed by atoms with Crippen LogP contribution < -0.4 is 5.73 Å². The van der Waals surface area contributed by atoms with Gasteiger partial charge >= 0.3 is 0 Å². The lowest BCUT2D eigenvalue weighted by atomic mass is 10.0. The number of nitrogens with two attached hydrogens (primary N) is 1. The average Bonchev–Trinajstić information content (AvgIpc) is 2.11. The van der Waals surface area contributed by atoms with Gasteiger partial charge in [-0.25, -0.2) is 0 Å². The first-order chi connectivity index (χ1) is 6.25. The topological polar surface area (TPSA) is 44.5 Å². The Labute approximate surface area is 79.2 Å². The lowest BCUT2D eigenvalue weighted by molar-refractivity contribution is -0.205. The van der Waals surface area contributed by atoms with Gasteiger partial charge in [-0.15, -0.1) is 0 Å². The highest BCUT2D eigenvalue weighted by atomic mass is 16.7. The number of hydrogen-bond donors (Lipinski definition) is 1. The number of hydrogen-bond acceptors (Lipinski definition) is 3. The standard InChI is InChI=1S/C10H17NO2/c1-3-12-10(13-4-2)8-6-5-7-9(10)11/h5-9H,3-4,11H2,1-2H3. The quantitative estimate of drug-likeness (QED) is 0.666. The molecule has 1 aliphatic carbocycles. The maximum Gasteiger partial charge on any atom is 0.207 e. The van der Waals surface area contributed by atoms with Crippen molar-refractivity contribution in [1.29, 1.82) is 0 Å². The smallest absolute Gasteiger partial charge is 0.207 e. The van der Waals surface area contributed by atoms with E-state index in [1.807, 2.05) is 38.2 Å². The first-order valence-electron chi connectivity index (χ1n) is 4.64. The van der Waals surface area contributed by atoms with Crippen LogP contribution in [-0.4, -0.2) is 25.0 Å². The second-order valence-corrected chi connectivity index (χ2v) is 2.86. The summed E-state index contributed by atoms with van der Waals surface area (Å²) in [7, 11) is 0. The highest BCUT2D eigenvalue weighted by molar-refractivity contribution is 5.21. The predicted molar refractivity (Wildman–Crippen MR) is 52.2 cm³/mol. The minimum absolute atomic E-state index is 0.225. The van der Waals surface area contributed by atoms with Crippen molar-refractivity contribution in [3.63, 3.8) is 0 Å². The van der Waals surface area contributed by atoms with Crippen LogP contribution in [0.5, 0.6) is 0 Å². The fraction of sp³-hybridized carbons (Fsp3) is 0.600. The SMILES string of the molecule is CCOC1(OCC)C=CC=CC1N. The maximum atomic E-state index is 5.90. The monoisotopic (exact) mass is 183 g/mol. The Hall–Kier alpha value is -0.640. The molecule has 74 valence electrons. The van der Waals surface area contributed by atoms with E-state index in [-0.39, 0.29) is 6.04 Å². The lowest BCUT2D eigenvalue weighted by Gasteiger charge is -2.35. The Kier molecular flexibility index (Phi) is 3.66. The third kappa shape index (κ3) is 2.18. The lowest BCUT2D eigenvalue weighted by Crippen LogP contribution is -2.50. The van der Waals surface area contributed by atoms with Gasteiger partial charge in [0.15, 0.2) is 0 Å². The zero-order valence-corrected chi connectivity index (χ0v) is 8.19. The van der Waals surface area contributed by atoms with Crippen LogP contribution in [0.4, 0.5) is 0 Å². The summed E-state index contributed by atoms with van der Waals surface area (Å²) in [5, 5.41) is 0. The van der Waals surface area contributed by atoms with E-state index >= 15 is 0 Å². The van der Waals surface area contributed by atoms with Gasteiger partial charge < -0.3 is 15.2 Å². The molecule has 0 aromatic carbocycles. The van der Waals surface area contributed by atoms with Gasteiger partial charge in [0.2, 0.25) is 5.79 Å². The molecule has 3 heteroatoms. The summed E-state index contributed by atoms with van der Waals surface area (Å²) in [5.41, 5.74) is 5.90. The van der Waals surface area contributed by atoms with E-state index in [9.17, 15) is 0 Å². The molecular weight excluding hydrogens is 166 g/mol. The molecule has 0 bridgehead atoms. The molecule has 0 fully saturated rings. The highest BCUT2D eigenvalue weighted by Crippen LogP contribution is 2.23. The van der Waals surface area contributed by atoms with Crippen LogP contribution in [-0.2, 0) is 9.47 Å². The molecule has 13 heavy (non-hydrogen) atoms. The predicted octanol–water partition coefficient (Wildman–Crippen LogP) is 1.21. The molecule has 2 N–H and O–H groups in total. The van der Waals surface area contributed by atoms with Gasteiger partial charge in [0.05, 0.1) is 6.04 Å². The molecular formula is C10H17NO2. The van der Waals surface area contributed by atoms with Gasteiger partial charge in [-0.3, -0.25) is 0 Å². The van der Waals surface area contributed by atoms with E-state index in [4.69, 9.17) is 15.2 Å². The van der Waals surface area contributed by atoms with Crippen LogP contribution in [0.1, 0.15) is 13.8 Å². The Bertz CT molecular complexity index is 205. The molecule has 0 spiro atoms. The highest BCUT2D eigenvalue weighted by Gasteiger charge is 2.35. The zero-order chi connectivity index (χ0) is 9.73. The normalized spacial score (nSPS) is 25.0. The number of allylic oxidation sites excluding steroid dienone is 2. The minimum atomic E-state index is -0.752. The van der Waals surface area contributed by atoms with Crippen molar-refractivity contribution in [3.8, 4) is 0 Å². The number of ether oxygens (including phenoxy) is 2. The van der Waals surface area contributed by atoms with Gasteiger partial charge in [0.1, 0.15) is 0 Å². The molecule has 3 nitrogen and oxygen atoms in total. The molecule has 0 radical (unpaired) electrons. The Morgan fingerprint density at radius 3 is 2.31 bits per heavy atom. The van der Waals surface area contributed by atoms with Gasteiger partial charge in [-0.05, 0) is 19.9 Å². The summed E-state index contributed by atoms with van der Waals surface area (Å²) < 4.78 is 11.1.